The summed E-state index contributed by atoms with van der Waals surface area (Å²) < 4.78 is 35.6. The van der Waals surface area contributed by atoms with E-state index in [0.29, 0.717) is 0 Å². The molecule has 0 radical (unpaired) electrons. The lowest BCUT2D eigenvalue weighted by molar-refractivity contribution is -0.716. The van der Waals surface area contributed by atoms with Gasteiger partial charge in [0.2, 0.25) is 11.9 Å². The number of fused-ring (bicyclic) bond motifs is 1. The van der Waals surface area contributed by atoms with E-state index in [4.69, 9.17) is 0 Å². The maximum Gasteiger partial charge on any atom is 0.586 e. The van der Waals surface area contributed by atoms with Crippen LogP contribution >= 0.6 is 0 Å². The molecule has 0 aliphatic carbocycles. The second-order valence-electron chi connectivity index (χ2n) is 3.38. The highest BCUT2D eigenvalue weighted by molar-refractivity contribution is 5.37. The molecule has 0 bridgehead atoms. The van der Waals surface area contributed by atoms with Gasteiger partial charge in [0.15, 0.2) is 18.0 Å². The van der Waals surface area contributed by atoms with Crippen molar-refractivity contribution in [3.63, 3.8) is 0 Å². The van der Waals surface area contributed by atoms with Crippen LogP contribution in [0.25, 0.3) is 0 Å². The molecule has 1 aliphatic heterocycles. The largest absolute Gasteiger partial charge is 0.586 e. The summed E-state index contributed by atoms with van der Waals surface area (Å²) in [5.74, 6) is 0.151. The number of pyridine rings is 1. The van der Waals surface area contributed by atoms with Crippen LogP contribution in [0, 0.1) is 0 Å². The summed E-state index contributed by atoms with van der Waals surface area (Å²) in [5, 5.41) is 0. The van der Waals surface area contributed by atoms with Crippen molar-refractivity contribution in [2.24, 2.45) is 0 Å². The van der Waals surface area contributed by atoms with Gasteiger partial charge in [-0.3, -0.25) is 0 Å². The monoisotopic (exact) mass is 202 g/mol. The lowest BCUT2D eigenvalue weighted by Gasteiger charge is -2.03. The molecule has 5 heteroatoms. The SMILES string of the molecule is CC(C)[n+]1ccc2c(c1)OC(F)(F)O2. The highest BCUT2D eigenvalue weighted by Crippen LogP contribution is 2.39. The van der Waals surface area contributed by atoms with E-state index in [1.807, 2.05) is 13.8 Å². The van der Waals surface area contributed by atoms with Gasteiger partial charge in [0, 0.05) is 6.07 Å². The van der Waals surface area contributed by atoms with Crippen LogP contribution in [-0.4, -0.2) is 6.29 Å². The summed E-state index contributed by atoms with van der Waals surface area (Å²) in [7, 11) is 0. The van der Waals surface area contributed by atoms with Crippen molar-refractivity contribution in [3.05, 3.63) is 18.5 Å². The van der Waals surface area contributed by atoms with Crippen LogP contribution in [-0.2, 0) is 0 Å². The standard InChI is InChI=1S/C9H10F2NO2/c1-6(2)12-4-3-7-8(5-12)14-9(10,11)13-7/h3-6H,1-2H3/q+1. The molecule has 1 aromatic heterocycles. The Kier molecular flexibility index (Phi) is 1.83. The average molecular weight is 202 g/mol. The molecule has 76 valence electrons. The first kappa shape index (κ1) is 9.18. The Morgan fingerprint density at radius 3 is 2.57 bits per heavy atom. The molecule has 14 heavy (non-hydrogen) atoms. The summed E-state index contributed by atoms with van der Waals surface area (Å²) in [5.41, 5.74) is 0. The Labute approximate surface area is 79.9 Å². The van der Waals surface area contributed by atoms with Crippen LogP contribution in [0.1, 0.15) is 19.9 Å². The molecule has 0 unspecified atom stereocenters. The smallest absolute Gasteiger partial charge is 0.395 e. The zero-order chi connectivity index (χ0) is 10.3. The molecule has 3 nitrogen and oxygen atoms in total. The third-order valence-corrected chi connectivity index (χ3v) is 1.96. The first-order chi connectivity index (χ1) is 6.48. The van der Waals surface area contributed by atoms with Gasteiger partial charge in [0.1, 0.15) is 0 Å². The minimum atomic E-state index is -3.53. The first-order valence-corrected chi connectivity index (χ1v) is 4.28. The van der Waals surface area contributed by atoms with Crippen LogP contribution in [0.3, 0.4) is 0 Å². The van der Waals surface area contributed by atoms with E-state index < -0.39 is 6.29 Å². The van der Waals surface area contributed by atoms with Gasteiger partial charge in [-0.15, -0.1) is 8.78 Å². The average Bonchev–Trinajstić information content (AvgIpc) is 2.36. The summed E-state index contributed by atoms with van der Waals surface area (Å²) >= 11 is 0. The normalized spacial score (nSPS) is 17.5. The van der Waals surface area contributed by atoms with Gasteiger partial charge < -0.3 is 9.47 Å². The minimum absolute atomic E-state index is 0.0752. The fraction of sp³-hybridized carbons (Fsp3) is 0.444. The van der Waals surface area contributed by atoms with Crippen molar-refractivity contribution in [1.82, 2.24) is 0 Å². The Bertz CT molecular complexity index is 366. The Hall–Kier alpha value is -1.39. The van der Waals surface area contributed by atoms with Crippen LogP contribution < -0.4 is 14.0 Å². The van der Waals surface area contributed by atoms with E-state index in [-0.39, 0.29) is 17.5 Å². The van der Waals surface area contributed by atoms with Gasteiger partial charge in [0.05, 0.1) is 0 Å². The fourth-order valence-corrected chi connectivity index (χ4v) is 1.24. The van der Waals surface area contributed by atoms with Crippen LogP contribution in [0.4, 0.5) is 8.78 Å². The molecule has 2 heterocycles. The molecule has 0 amide bonds. The summed E-state index contributed by atoms with van der Waals surface area (Å²) in [6.45, 7) is 3.89. The van der Waals surface area contributed by atoms with E-state index in [0.717, 1.165) is 0 Å². The number of alkyl halides is 2. The van der Waals surface area contributed by atoms with E-state index in [1.165, 1.54) is 12.3 Å². The number of rotatable bonds is 1. The third-order valence-electron chi connectivity index (χ3n) is 1.96. The van der Waals surface area contributed by atoms with Gasteiger partial charge in [-0.1, -0.05) is 0 Å². The second kappa shape index (κ2) is 2.80. The molecule has 0 aromatic carbocycles. The molecule has 2 rings (SSSR count). The molecule has 0 saturated carbocycles. The van der Waals surface area contributed by atoms with E-state index in [9.17, 15) is 8.78 Å². The van der Waals surface area contributed by atoms with Gasteiger partial charge in [-0.25, -0.2) is 0 Å². The topological polar surface area (TPSA) is 22.3 Å². The predicted molar refractivity (Wildman–Crippen MR) is 43.2 cm³/mol. The van der Waals surface area contributed by atoms with E-state index in [2.05, 4.69) is 9.47 Å². The number of nitrogens with zero attached hydrogens (tertiary/aromatic N) is 1. The minimum Gasteiger partial charge on any atom is -0.395 e. The summed E-state index contributed by atoms with van der Waals surface area (Å²) in [4.78, 5) is 0. The zero-order valence-electron chi connectivity index (χ0n) is 7.83. The lowest BCUT2D eigenvalue weighted by Crippen LogP contribution is -2.34. The zero-order valence-corrected chi connectivity index (χ0v) is 7.83. The Morgan fingerprint density at radius 1 is 1.29 bits per heavy atom. The molecule has 0 spiro atoms. The summed E-state index contributed by atoms with van der Waals surface area (Å²) in [6, 6.07) is 1.66. The van der Waals surface area contributed by atoms with Crippen molar-refractivity contribution >= 4 is 0 Å². The van der Waals surface area contributed by atoms with E-state index in [1.54, 1.807) is 10.8 Å². The molecule has 1 aliphatic rings. The van der Waals surface area contributed by atoms with Crippen molar-refractivity contribution in [3.8, 4) is 11.5 Å². The van der Waals surface area contributed by atoms with Gasteiger partial charge in [-0.05, 0) is 13.8 Å². The molecule has 0 saturated heterocycles. The van der Waals surface area contributed by atoms with Crippen molar-refractivity contribution in [2.75, 3.05) is 0 Å². The Morgan fingerprint density at radius 2 is 1.93 bits per heavy atom. The second-order valence-corrected chi connectivity index (χ2v) is 3.38. The Balaban J connectivity index is 2.36. The maximum absolute atomic E-state index is 12.6. The van der Waals surface area contributed by atoms with Gasteiger partial charge in [-0.2, -0.15) is 4.57 Å². The molecule has 1 aromatic rings. The number of hydrogen-bond acceptors (Lipinski definition) is 2. The maximum atomic E-state index is 12.6. The highest BCUT2D eigenvalue weighted by Gasteiger charge is 2.44. The molecule has 0 fully saturated rings. The number of ether oxygens (including phenoxy) is 2. The third kappa shape index (κ3) is 1.49. The molecule has 0 atom stereocenters. The van der Waals surface area contributed by atoms with E-state index >= 15 is 0 Å². The number of aromatic nitrogens is 1. The van der Waals surface area contributed by atoms with Crippen molar-refractivity contribution in [2.45, 2.75) is 26.2 Å². The first-order valence-electron chi connectivity index (χ1n) is 4.28. The highest BCUT2D eigenvalue weighted by atomic mass is 19.3. The van der Waals surface area contributed by atoms with Gasteiger partial charge in [0.25, 0.3) is 0 Å². The molecular formula is C9H10F2NO2+. The summed E-state index contributed by atoms with van der Waals surface area (Å²) in [6.07, 6.45) is -0.354. The fourth-order valence-electron chi connectivity index (χ4n) is 1.24. The van der Waals surface area contributed by atoms with Crippen molar-refractivity contribution in [1.29, 1.82) is 0 Å². The van der Waals surface area contributed by atoms with Crippen LogP contribution in [0.2, 0.25) is 0 Å². The van der Waals surface area contributed by atoms with Crippen LogP contribution in [0.5, 0.6) is 11.5 Å². The quantitative estimate of drug-likeness (QED) is 0.649. The molecule has 0 N–H and O–H groups in total. The molecular weight excluding hydrogens is 192 g/mol. The predicted octanol–water partition coefficient (Wildman–Crippen LogP) is 1.88. The van der Waals surface area contributed by atoms with Crippen molar-refractivity contribution < 1.29 is 22.8 Å². The number of hydrogen-bond donors (Lipinski definition) is 0. The number of halogens is 2. The van der Waals surface area contributed by atoms with Gasteiger partial charge >= 0.3 is 6.29 Å². The lowest BCUT2D eigenvalue weighted by atomic mass is 10.3. The van der Waals surface area contributed by atoms with Crippen LogP contribution in [0.15, 0.2) is 18.5 Å².